The zero-order valence-electron chi connectivity index (χ0n) is 13.8. The normalized spacial score (nSPS) is 12.9. The van der Waals surface area contributed by atoms with E-state index in [0.717, 1.165) is 0 Å². The second-order valence-electron chi connectivity index (χ2n) is 5.38. The molecule has 7 heteroatoms. The Morgan fingerprint density at radius 2 is 1.68 bits per heavy atom. The van der Waals surface area contributed by atoms with Crippen LogP contribution in [0, 0.1) is 10.1 Å². The van der Waals surface area contributed by atoms with Crippen LogP contribution in [0.1, 0.15) is 28.9 Å². The standard InChI is InChI=1S/C18H18N2O5/c1-12(21)25-18(14-8-10-15(11-9-14)20(23)24)16(19-2)17(22)13-6-4-3-5-7-13/h3-11,16,18-19H,1-2H3/t16-,18+/m1/s1. The number of Topliss-reactive ketones (excluding diaryl/α,β-unsaturated/α-hetero) is 1. The number of nitro groups is 1. The molecule has 7 nitrogen and oxygen atoms in total. The number of non-ortho nitro benzene ring substituents is 1. The van der Waals surface area contributed by atoms with Crippen molar-refractivity contribution >= 4 is 17.4 Å². The summed E-state index contributed by atoms with van der Waals surface area (Å²) in [7, 11) is 1.59. The number of ketones is 1. The van der Waals surface area contributed by atoms with E-state index in [9.17, 15) is 19.7 Å². The molecule has 0 amide bonds. The molecular weight excluding hydrogens is 324 g/mol. The van der Waals surface area contributed by atoms with E-state index in [1.165, 1.54) is 31.2 Å². The van der Waals surface area contributed by atoms with Gasteiger partial charge in [-0.3, -0.25) is 19.7 Å². The molecule has 0 aliphatic rings. The van der Waals surface area contributed by atoms with Crippen molar-refractivity contribution in [2.24, 2.45) is 0 Å². The number of benzene rings is 2. The van der Waals surface area contributed by atoms with Crippen molar-refractivity contribution in [1.82, 2.24) is 5.32 Å². The Morgan fingerprint density at radius 3 is 2.16 bits per heavy atom. The first-order chi connectivity index (χ1) is 11.9. The fourth-order valence-electron chi connectivity index (χ4n) is 2.49. The second-order valence-corrected chi connectivity index (χ2v) is 5.38. The van der Waals surface area contributed by atoms with Crippen molar-refractivity contribution in [2.45, 2.75) is 19.1 Å². The Kier molecular flexibility index (Phi) is 5.97. The van der Waals surface area contributed by atoms with Gasteiger partial charge in [-0.2, -0.15) is 0 Å². The number of likely N-dealkylation sites (N-methyl/N-ethyl adjacent to an activating group) is 1. The second kappa shape index (κ2) is 8.16. The number of nitrogens with zero attached hydrogens (tertiary/aromatic N) is 1. The van der Waals surface area contributed by atoms with Crippen LogP contribution in [0.2, 0.25) is 0 Å². The van der Waals surface area contributed by atoms with Gasteiger partial charge >= 0.3 is 5.97 Å². The molecule has 2 aromatic carbocycles. The van der Waals surface area contributed by atoms with Gasteiger partial charge in [-0.15, -0.1) is 0 Å². The number of nitro benzene ring substituents is 1. The van der Waals surface area contributed by atoms with Crippen molar-refractivity contribution in [3.8, 4) is 0 Å². The van der Waals surface area contributed by atoms with E-state index in [1.54, 1.807) is 37.4 Å². The van der Waals surface area contributed by atoms with Gasteiger partial charge in [0.1, 0.15) is 12.1 Å². The third kappa shape index (κ3) is 4.48. The molecule has 25 heavy (non-hydrogen) atoms. The predicted octanol–water partition coefficient (Wildman–Crippen LogP) is 2.67. The molecule has 0 fully saturated rings. The molecule has 1 N–H and O–H groups in total. The van der Waals surface area contributed by atoms with E-state index >= 15 is 0 Å². The number of nitrogens with one attached hydrogen (secondary N) is 1. The minimum absolute atomic E-state index is 0.0827. The van der Waals surface area contributed by atoms with Gasteiger partial charge in [-0.25, -0.2) is 0 Å². The zero-order chi connectivity index (χ0) is 18.4. The Hall–Kier alpha value is -3.06. The monoisotopic (exact) mass is 342 g/mol. The summed E-state index contributed by atoms with van der Waals surface area (Å²) in [6.45, 7) is 1.25. The van der Waals surface area contributed by atoms with E-state index in [4.69, 9.17) is 4.74 Å². The van der Waals surface area contributed by atoms with Crippen LogP contribution >= 0.6 is 0 Å². The van der Waals surface area contributed by atoms with E-state index < -0.39 is 23.0 Å². The van der Waals surface area contributed by atoms with Crippen molar-refractivity contribution in [3.05, 3.63) is 75.8 Å². The van der Waals surface area contributed by atoms with E-state index in [1.807, 2.05) is 0 Å². The average molecular weight is 342 g/mol. The van der Waals surface area contributed by atoms with Crippen LogP contribution in [0.15, 0.2) is 54.6 Å². The van der Waals surface area contributed by atoms with Gasteiger partial charge in [0.25, 0.3) is 5.69 Å². The van der Waals surface area contributed by atoms with Crippen molar-refractivity contribution < 1.29 is 19.2 Å². The van der Waals surface area contributed by atoms with Gasteiger partial charge in [0.2, 0.25) is 0 Å². The Balaban J connectivity index is 2.38. The lowest BCUT2D eigenvalue weighted by atomic mass is 9.94. The number of esters is 1. The largest absolute Gasteiger partial charge is 0.455 e. The lowest BCUT2D eigenvalue weighted by Gasteiger charge is -2.26. The molecule has 2 atom stereocenters. The van der Waals surface area contributed by atoms with Gasteiger partial charge in [0.05, 0.1) is 4.92 Å². The van der Waals surface area contributed by atoms with Crippen molar-refractivity contribution in [2.75, 3.05) is 7.05 Å². The number of carbonyl (C=O) groups is 2. The Morgan fingerprint density at radius 1 is 1.08 bits per heavy atom. The maximum atomic E-state index is 12.8. The molecule has 0 aliphatic heterocycles. The highest BCUT2D eigenvalue weighted by Crippen LogP contribution is 2.26. The summed E-state index contributed by atoms with van der Waals surface area (Å²) in [6, 6.07) is 13.4. The smallest absolute Gasteiger partial charge is 0.303 e. The van der Waals surface area contributed by atoms with E-state index in [2.05, 4.69) is 5.32 Å². The predicted molar refractivity (Wildman–Crippen MR) is 91.2 cm³/mol. The summed E-state index contributed by atoms with van der Waals surface area (Å²) in [5, 5.41) is 13.7. The van der Waals surface area contributed by atoms with Gasteiger partial charge < -0.3 is 10.1 Å². The summed E-state index contributed by atoms with van der Waals surface area (Å²) in [5.74, 6) is -0.794. The highest BCUT2D eigenvalue weighted by molar-refractivity contribution is 6.00. The number of rotatable bonds is 7. The summed E-state index contributed by atoms with van der Waals surface area (Å²) >= 11 is 0. The zero-order valence-corrected chi connectivity index (χ0v) is 13.8. The Labute approximate surface area is 144 Å². The molecule has 130 valence electrons. The molecule has 2 aromatic rings. The molecule has 0 aliphatic carbocycles. The highest BCUT2D eigenvalue weighted by Gasteiger charge is 2.31. The molecule has 0 saturated heterocycles. The van der Waals surface area contributed by atoms with Crippen LogP contribution in [0.5, 0.6) is 0 Å². The minimum Gasteiger partial charge on any atom is -0.455 e. The van der Waals surface area contributed by atoms with Crippen LogP contribution in [0.25, 0.3) is 0 Å². The van der Waals surface area contributed by atoms with Crippen LogP contribution in [-0.4, -0.2) is 29.8 Å². The third-order valence-corrected chi connectivity index (χ3v) is 3.68. The first kappa shape index (κ1) is 18.3. The number of carbonyl (C=O) groups excluding carboxylic acids is 2. The molecule has 0 spiro atoms. The number of hydrogen-bond donors (Lipinski definition) is 1. The molecule has 0 saturated carbocycles. The average Bonchev–Trinajstić information content (AvgIpc) is 2.62. The van der Waals surface area contributed by atoms with Crippen molar-refractivity contribution in [1.29, 1.82) is 0 Å². The highest BCUT2D eigenvalue weighted by atomic mass is 16.6. The number of ether oxygens (including phenoxy) is 1. The van der Waals surface area contributed by atoms with Gasteiger partial charge in [0, 0.05) is 24.6 Å². The molecule has 2 rings (SSSR count). The molecule has 0 radical (unpaired) electrons. The maximum Gasteiger partial charge on any atom is 0.303 e. The third-order valence-electron chi connectivity index (χ3n) is 3.68. The lowest BCUT2D eigenvalue weighted by molar-refractivity contribution is -0.384. The van der Waals surface area contributed by atoms with Gasteiger partial charge in [-0.05, 0) is 24.7 Å². The number of hydrogen-bond acceptors (Lipinski definition) is 6. The summed E-state index contributed by atoms with van der Waals surface area (Å²) in [6.07, 6.45) is -0.906. The van der Waals surface area contributed by atoms with E-state index in [-0.39, 0.29) is 11.5 Å². The Bertz CT molecular complexity index is 759. The van der Waals surface area contributed by atoms with Crippen LogP contribution in [0.3, 0.4) is 0 Å². The molecule has 0 bridgehead atoms. The fourth-order valence-corrected chi connectivity index (χ4v) is 2.49. The van der Waals surface area contributed by atoms with E-state index in [0.29, 0.717) is 11.1 Å². The quantitative estimate of drug-likeness (QED) is 0.359. The SMILES string of the molecule is CN[C@H](C(=O)c1ccccc1)[C@@H](OC(C)=O)c1ccc([N+](=O)[O-])cc1. The fraction of sp³-hybridized carbons (Fsp3) is 0.222. The summed E-state index contributed by atoms with van der Waals surface area (Å²) < 4.78 is 5.34. The van der Waals surface area contributed by atoms with Crippen LogP contribution in [0.4, 0.5) is 5.69 Å². The van der Waals surface area contributed by atoms with Crippen LogP contribution in [-0.2, 0) is 9.53 Å². The van der Waals surface area contributed by atoms with Gasteiger partial charge in [-0.1, -0.05) is 30.3 Å². The maximum absolute atomic E-state index is 12.8. The molecule has 0 aromatic heterocycles. The van der Waals surface area contributed by atoms with Crippen LogP contribution < -0.4 is 5.32 Å². The molecule has 0 unspecified atom stereocenters. The molecular formula is C18H18N2O5. The first-order valence-corrected chi connectivity index (χ1v) is 7.62. The topological polar surface area (TPSA) is 98.5 Å². The van der Waals surface area contributed by atoms with Gasteiger partial charge in [0.15, 0.2) is 5.78 Å². The lowest BCUT2D eigenvalue weighted by Crippen LogP contribution is -2.41. The molecule has 0 heterocycles. The summed E-state index contributed by atoms with van der Waals surface area (Å²) in [4.78, 5) is 34.6. The van der Waals surface area contributed by atoms with Crippen molar-refractivity contribution in [3.63, 3.8) is 0 Å². The summed E-state index contributed by atoms with van der Waals surface area (Å²) in [5.41, 5.74) is 0.881. The first-order valence-electron chi connectivity index (χ1n) is 7.62. The minimum atomic E-state index is -0.906.